The lowest BCUT2D eigenvalue weighted by Crippen LogP contribution is -2.51. The van der Waals surface area contributed by atoms with Gasteiger partial charge in [-0.05, 0) is 60.0 Å². The summed E-state index contributed by atoms with van der Waals surface area (Å²) in [6.45, 7) is 5.21. The van der Waals surface area contributed by atoms with Crippen LogP contribution in [0.3, 0.4) is 0 Å². The van der Waals surface area contributed by atoms with Crippen molar-refractivity contribution in [3.05, 3.63) is 76.9 Å². The number of ether oxygens (including phenoxy) is 1. The number of hydrogen-bond acceptors (Lipinski definition) is 6. The summed E-state index contributed by atoms with van der Waals surface area (Å²) in [6.07, 6.45) is 2.93. The number of aryl methyl sites for hydroxylation is 2. The number of nitrogens with zero attached hydrogens (tertiary/aromatic N) is 3. The number of rotatable bonds is 8. The van der Waals surface area contributed by atoms with Gasteiger partial charge in [0.2, 0.25) is 0 Å². The molecule has 37 heavy (non-hydrogen) atoms. The van der Waals surface area contributed by atoms with Crippen LogP contribution in [0.5, 0.6) is 5.75 Å². The zero-order valence-electron chi connectivity index (χ0n) is 21.1. The van der Waals surface area contributed by atoms with Crippen LogP contribution in [0.25, 0.3) is 10.8 Å². The van der Waals surface area contributed by atoms with Crippen LogP contribution in [0.2, 0.25) is 0 Å². The molecule has 7 heteroatoms. The summed E-state index contributed by atoms with van der Waals surface area (Å²) in [4.78, 5) is 32.2. The third-order valence-electron chi connectivity index (χ3n) is 7.94. The van der Waals surface area contributed by atoms with Gasteiger partial charge >= 0.3 is 0 Å². The number of piperazine rings is 1. The molecule has 2 heterocycles. The number of β-amino-alcohol motifs (C(OH)–C–C–N with tert-alkyl or cyclic N) is 1. The summed E-state index contributed by atoms with van der Waals surface area (Å²) < 4.78 is 5.87. The van der Waals surface area contributed by atoms with Crippen molar-refractivity contribution < 1.29 is 19.4 Å². The van der Waals surface area contributed by atoms with E-state index in [0.717, 1.165) is 55.5 Å². The highest BCUT2D eigenvalue weighted by Crippen LogP contribution is 2.30. The van der Waals surface area contributed by atoms with Gasteiger partial charge in [-0.3, -0.25) is 24.3 Å². The first kappa shape index (κ1) is 24.1. The zero-order valence-corrected chi connectivity index (χ0v) is 21.1. The molecule has 1 aliphatic carbocycles. The number of carbonyl (C=O) groups excluding carboxylic acids is 2. The first-order valence-electron chi connectivity index (χ1n) is 13.3. The van der Waals surface area contributed by atoms with E-state index in [1.54, 1.807) is 0 Å². The zero-order chi connectivity index (χ0) is 25.4. The molecule has 1 unspecified atom stereocenters. The minimum atomic E-state index is -0.550. The Labute approximate surface area is 217 Å². The molecule has 0 saturated carbocycles. The van der Waals surface area contributed by atoms with Gasteiger partial charge in [0.25, 0.3) is 11.8 Å². The molecule has 3 aliphatic rings. The van der Waals surface area contributed by atoms with Crippen molar-refractivity contribution in [3.63, 3.8) is 0 Å². The van der Waals surface area contributed by atoms with E-state index in [-0.39, 0.29) is 18.4 Å². The summed E-state index contributed by atoms with van der Waals surface area (Å²) in [7, 11) is 0. The van der Waals surface area contributed by atoms with Gasteiger partial charge in [0.1, 0.15) is 18.5 Å². The summed E-state index contributed by atoms with van der Waals surface area (Å²) in [6, 6.07) is 17.5. The average molecular weight is 500 g/mol. The van der Waals surface area contributed by atoms with E-state index in [4.69, 9.17) is 4.74 Å². The smallest absolute Gasteiger partial charge is 0.261 e. The standard InChI is InChI=1S/C30H33N3O4/c34-24(20-37-25-11-10-21-4-1-7-23(21)18-25)19-32-14-12-31(13-15-32)16-17-33-29(35)26-8-2-5-22-6-3-9-27(28(22)26)30(33)36/h2-3,5-6,8-11,18,24,34H,1,4,7,12-17,19-20H2. The molecule has 0 aromatic heterocycles. The lowest BCUT2D eigenvalue weighted by molar-refractivity contribution is 0.0416. The van der Waals surface area contributed by atoms with Crippen molar-refractivity contribution in [1.29, 1.82) is 0 Å². The van der Waals surface area contributed by atoms with E-state index in [1.807, 2.05) is 42.5 Å². The predicted molar refractivity (Wildman–Crippen MR) is 142 cm³/mol. The highest BCUT2D eigenvalue weighted by molar-refractivity contribution is 6.25. The van der Waals surface area contributed by atoms with E-state index in [1.165, 1.54) is 22.4 Å². The molecule has 1 atom stereocenters. The van der Waals surface area contributed by atoms with Crippen LogP contribution in [-0.2, 0) is 12.8 Å². The highest BCUT2D eigenvalue weighted by atomic mass is 16.5. The minimum Gasteiger partial charge on any atom is -0.491 e. The average Bonchev–Trinajstić information content (AvgIpc) is 3.39. The molecule has 192 valence electrons. The SMILES string of the molecule is O=C1c2cccc3cccc(c23)C(=O)N1CCN1CCN(CC(O)COc2ccc3c(c2)CCC3)CC1. The number of hydrogen-bond donors (Lipinski definition) is 1. The van der Waals surface area contributed by atoms with Gasteiger partial charge in [0.05, 0.1) is 0 Å². The van der Waals surface area contributed by atoms with Crippen LogP contribution in [0, 0.1) is 0 Å². The Hall–Kier alpha value is -3.26. The van der Waals surface area contributed by atoms with Crippen molar-refractivity contribution in [2.45, 2.75) is 25.4 Å². The van der Waals surface area contributed by atoms with Crippen LogP contribution in [-0.4, -0.2) is 90.1 Å². The Balaban J connectivity index is 0.970. The van der Waals surface area contributed by atoms with Crippen LogP contribution in [0.15, 0.2) is 54.6 Å². The van der Waals surface area contributed by atoms with Gasteiger partial charge in [0, 0.05) is 62.3 Å². The van der Waals surface area contributed by atoms with E-state index in [9.17, 15) is 14.7 Å². The predicted octanol–water partition coefficient (Wildman–Crippen LogP) is 2.98. The Bertz CT molecular complexity index is 1280. The lowest BCUT2D eigenvalue weighted by atomic mass is 9.94. The second-order valence-corrected chi connectivity index (χ2v) is 10.4. The van der Waals surface area contributed by atoms with Crippen LogP contribution >= 0.6 is 0 Å². The van der Waals surface area contributed by atoms with Gasteiger partial charge in [-0.25, -0.2) is 0 Å². The number of fused-ring (bicyclic) bond motifs is 1. The fourth-order valence-corrected chi connectivity index (χ4v) is 5.90. The molecule has 0 radical (unpaired) electrons. The molecule has 1 saturated heterocycles. The van der Waals surface area contributed by atoms with E-state index < -0.39 is 6.10 Å². The molecule has 3 aromatic rings. The number of aliphatic hydroxyl groups excluding tert-OH is 1. The molecular formula is C30H33N3O4. The fourth-order valence-electron chi connectivity index (χ4n) is 5.90. The Morgan fingerprint density at radius 1 is 0.811 bits per heavy atom. The van der Waals surface area contributed by atoms with Crippen molar-refractivity contribution in [1.82, 2.24) is 14.7 Å². The second-order valence-electron chi connectivity index (χ2n) is 10.4. The van der Waals surface area contributed by atoms with Gasteiger partial charge < -0.3 is 9.84 Å². The number of carbonyl (C=O) groups is 2. The molecule has 3 aromatic carbocycles. The number of amides is 2. The number of aliphatic hydroxyl groups is 1. The normalized spacial score (nSPS) is 18.9. The molecular weight excluding hydrogens is 466 g/mol. The van der Waals surface area contributed by atoms with Crippen molar-refractivity contribution >= 4 is 22.6 Å². The Kier molecular flexibility index (Phi) is 6.67. The van der Waals surface area contributed by atoms with Gasteiger partial charge in [-0.15, -0.1) is 0 Å². The molecule has 2 aliphatic heterocycles. The number of imide groups is 1. The molecule has 0 spiro atoms. The number of benzene rings is 3. The van der Waals surface area contributed by atoms with E-state index >= 15 is 0 Å². The van der Waals surface area contributed by atoms with Gasteiger partial charge in [-0.1, -0.05) is 30.3 Å². The third kappa shape index (κ3) is 4.87. The summed E-state index contributed by atoms with van der Waals surface area (Å²) in [5, 5.41) is 12.2. The van der Waals surface area contributed by atoms with Crippen molar-refractivity contribution in [3.8, 4) is 5.75 Å². The maximum atomic E-state index is 13.1. The highest BCUT2D eigenvalue weighted by Gasteiger charge is 2.33. The molecule has 2 amide bonds. The maximum Gasteiger partial charge on any atom is 0.261 e. The fraction of sp³-hybridized carbons (Fsp3) is 0.400. The van der Waals surface area contributed by atoms with Crippen molar-refractivity contribution in [2.24, 2.45) is 0 Å². The van der Waals surface area contributed by atoms with Crippen LogP contribution in [0.1, 0.15) is 38.3 Å². The first-order chi connectivity index (χ1) is 18.1. The molecule has 7 nitrogen and oxygen atoms in total. The second kappa shape index (κ2) is 10.2. The van der Waals surface area contributed by atoms with Gasteiger partial charge in [0.15, 0.2) is 0 Å². The quantitative estimate of drug-likeness (QED) is 0.481. The van der Waals surface area contributed by atoms with E-state index in [2.05, 4.69) is 21.9 Å². The lowest BCUT2D eigenvalue weighted by Gasteiger charge is -2.36. The Morgan fingerprint density at radius 3 is 2.22 bits per heavy atom. The van der Waals surface area contributed by atoms with Crippen LogP contribution in [0.4, 0.5) is 0 Å². The minimum absolute atomic E-state index is 0.209. The largest absolute Gasteiger partial charge is 0.491 e. The monoisotopic (exact) mass is 499 g/mol. The maximum absolute atomic E-state index is 13.1. The van der Waals surface area contributed by atoms with Crippen LogP contribution < -0.4 is 4.74 Å². The molecule has 6 rings (SSSR count). The van der Waals surface area contributed by atoms with Gasteiger partial charge in [-0.2, -0.15) is 0 Å². The molecule has 1 fully saturated rings. The third-order valence-corrected chi connectivity index (χ3v) is 7.94. The van der Waals surface area contributed by atoms with E-state index in [0.29, 0.717) is 30.8 Å². The molecule has 0 bridgehead atoms. The summed E-state index contributed by atoms with van der Waals surface area (Å²) in [5.74, 6) is 0.420. The summed E-state index contributed by atoms with van der Waals surface area (Å²) in [5.41, 5.74) is 4.00. The Morgan fingerprint density at radius 2 is 1.49 bits per heavy atom. The first-order valence-corrected chi connectivity index (χ1v) is 13.3. The van der Waals surface area contributed by atoms with Crippen molar-refractivity contribution in [2.75, 3.05) is 52.4 Å². The topological polar surface area (TPSA) is 73.3 Å². The molecule has 1 N–H and O–H groups in total. The summed E-state index contributed by atoms with van der Waals surface area (Å²) >= 11 is 0.